The number of rotatable bonds is 2. The quantitative estimate of drug-likeness (QED) is 0.887. The summed E-state index contributed by atoms with van der Waals surface area (Å²) in [7, 11) is 2.15. The Balaban J connectivity index is 2.26. The fourth-order valence-electron chi connectivity index (χ4n) is 2.59. The molecule has 4 nitrogen and oxygen atoms in total. The highest BCUT2D eigenvalue weighted by Crippen LogP contribution is 2.27. The third-order valence-electron chi connectivity index (χ3n) is 4.10. The van der Waals surface area contributed by atoms with E-state index in [9.17, 15) is 4.79 Å². The molecule has 1 heterocycles. The van der Waals surface area contributed by atoms with Gasteiger partial charge < -0.3 is 10.0 Å². The highest BCUT2D eigenvalue weighted by Gasteiger charge is 2.31. The lowest BCUT2D eigenvalue weighted by Crippen LogP contribution is -2.57. The van der Waals surface area contributed by atoms with Crippen molar-refractivity contribution >= 4 is 11.7 Å². The van der Waals surface area contributed by atoms with Crippen molar-refractivity contribution in [1.82, 2.24) is 4.90 Å². The van der Waals surface area contributed by atoms with E-state index in [2.05, 4.69) is 30.7 Å². The van der Waals surface area contributed by atoms with E-state index in [0.717, 1.165) is 30.9 Å². The van der Waals surface area contributed by atoms with Gasteiger partial charge in [-0.15, -0.1) is 0 Å². The smallest absolute Gasteiger partial charge is 0.335 e. The number of hydrogen-bond acceptors (Lipinski definition) is 3. The minimum absolute atomic E-state index is 0.135. The van der Waals surface area contributed by atoms with Crippen molar-refractivity contribution in [2.24, 2.45) is 0 Å². The summed E-state index contributed by atoms with van der Waals surface area (Å²) in [4.78, 5) is 15.7. The zero-order chi connectivity index (χ0) is 14.2. The van der Waals surface area contributed by atoms with Crippen LogP contribution in [0.3, 0.4) is 0 Å². The lowest BCUT2D eigenvalue weighted by atomic mass is 9.98. The van der Waals surface area contributed by atoms with Crippen LogP contribution in [0.5, 0.6) is 0 Å². The van der Waals surface area contributed by atoms with Crippen LogP contribution in [0.4, 0.5) is 5.69 Å². The van der Waals surface area contributed by atoms with Gasteiger partial charge in [0.05, 0.1) is 5.56 Å². The molecular formula is C15H22N2O2. The molecule has 0 amide bonds. The first-order valence-electron chi connectivity index (χ1n) is 6.61. The number of carboxylic acid groups (broad SMARTS) is 1. The Morgan fingerprint density at radius 3 is 2.53 bits per heavy atom. The highest BCUT2D eigenvalue weighted by atomic mass is 16.4. The van der Waals surface area contributed by atoms with Crippen molar-refractivity contribution in [1.29, 1.82) is 0 Å². The molecule has 0 saturated carbocycles. The van der Waals surface area contributed by atoms with Crippen molar-refractivity contribution in [3.8, 4) is 0 Å². The topological polar surface area (TPSA) is 43.8 Å². The van der Waals surface area contributed by atoms with Crippen LogP contribution in [-0.4, -0.2) is 48.2 Å². The molecule has 0 aliphatic carbocycles. The molecule has 0 spiro atoms. The van der Waals surface area contributed by atoms with Gasteiger partial charge in [-0.25, -0.2) is 4.79 Å². The van der Waals surface area contributed by atoms with E-state index in [1.807, 2.05) is 13.0 Å². The molecule has 4 heteroatoms. The number of aryl methyl sites for hydroxylation is 1. The van der Waals surface area contributed by atoms with Gasteiger partial charge in [0.1, 0.15) is 0 Å². The minimum atomic E-state index is -0.867. The molecule has 19 heavy (non-hydrogen) atoms. The number of nitrogens with zero attached hydrogens (tertiary/aromatic N) is 2. The number of carboxylic acids is 1. The zero-order valence-corrected chi connectivity index (χ0v) is 12.1. The first kappa shape index (κ1) is 13.9. The number of piperazine rings is 1. The fraction of sp³-hybridized carbons (Fsp3) is 0.533. The molecule has 0 atom stereocenters. The molecule has 1 fully saturated rings. The maximum absolute atomic E-state index is 11.0. The van der Waals surface area contributed by atoms with E-state index < -0.39 is 5.97 Å². The van der Waals surface area contributed by atoms with Gasteiger partial charge in [0.2, 0.25) is 0 Å². The Morgan fingerprint density at radius 2 is 2.00 bits per heavy atom. The van der Waals surface area contributed by atoms with Crippen LogP contribution in [0.1, 0.15) is 29.8 Å². The average molecular weight is 262 g/mol. The second kappa shape index (κ2) is 4.85. The van der Waals surface area contributed by atoms with Crippen molar-refractivity contribution in [2.45, 2.75) is 26.3 Å². The van der Waals surface area contributed by atoms with E-state index in [1.165, 1.54) is 0 Å². The summed E-state index contributed by atoms with van der Waals surface area (Å²) in [6, 6.07) is 5.37. The van der Waals surface area contributed by atoms with Crippen LogP contribution >= 0.6 is 0 Å². The molecule has 1 aromatic carbocycles. The van der Waals surface area contributed by atoms with Crippen LogP contribution in [0, 0.1) is 6.92 Å². The molecule has 1 saturated heterocycles. The number of benzene rings is 1. The number of aromatic carboxylic acids is 1. The van der Waals surface area contributed by atoms with Crippen molar-refractivity contribution in [3.63, 3.8) is 0 Å². The third kappa shape index (κ3) is 2.73. The Bertz CT molecular complexity index is 497. The van der Waals surface area contributed by atoms with Gasteiger partial charge in [-0.2, -0.15) is 0 Å². The summed E-state index contributed by atoms with van der Waals surface area (Å²) in [5.41, 5.74) is 2.66. The van der Waals surface area contributed by atoms with Crippen LogP contribution < -0.4 is 4.90 Å². The normalized spacial score (nSPS) is 19.5. The lowest BCUT2D eigenvalue weighted by molar-refractivity contribution is 0.0696. The highest BCUT2D eigenvalue weighted by molar-refractivity contribution is 5.88. The van der Waals surface area contributed by atoms with E-state index in [4.69, 9.17) is 5.11 Å². The maximum Gasteiger partial charge on any atom is 0.335 e. The second-order valence-corrected chi connectivity index (χ2v) is 5.96. The lowest BCUT2D eigenvalue weighted by Gasteiger charge is -2.46. The summed E-state index contributed by atoms with van der Waals surface area (Å²) in [5, 5.41) is 9.01. The Labute approximate surface area is 114 Å². The molecule has 1 N–H and O–H groups in total. The standard InChI is InChI=1S/C15H22N2O2/c1-11-9-12(14(18)19)5-6-13(11)17-8-7-16(4)15(2,3)10-17/h5-6,9H,7-8,10H2,1-4H3,(H,18,19). The van der Waals surface area contributed by atoms with Gasteiger partial charge in [-0.05, 0) is 51.6 Å². The predicted molar refractivity (Wildman–Crippen MR) is 77.1 cm³/mol. The molecule has 2 rings (SSSR count). The minimum Gasteiger partial charge on any atom is -0.478 e. The van der Waals surface area contributed by atoms with Crippen molar-refractivity contribution < 1.29 is 9.90 Å². The number of hydrogen-bond donors (Lipinski definition) is 1. The summed E-state index contributed by atoms with van der Waals surface area (Å²) in [6.07, 6.45) is 0. The van der Waals surface area contributed by atoms with E-state index in [0.29, 0.717) is 5.56 Å². The first-order chi connectivity index (χ1) is 8.81. The Kier molecular flexibility index (Phi) is 3.54. The average Bonchev–Trinajstić information content (AvgIpc) is 2.32. The summed E-state index contributed by atoms with van der Waals surface area (Å²) in [5.74, 6) is -0.867. The van der Waals surface area contributed by atoms with Crippen molar-refractivity contribution in [2.75, 3.05) is 31.6 Å². The molecule has 0 bridgehead atoms. The third-order valence-corrected chi connectivity index (χ3v) is 4.10. The Morgan fingerprint density at radius 1 is 1.32 bits per heavy atom. The van der Waals surface area contributed by atoms with Gasteiger partial charge in [0.25, 0.3) is 0 Å². The number of likely N-dealkylation sites (N-methyl/N-ethyl adjacent to an activating group) is 1. The Hall–Kier alpha value is -1.55. The van der Waals surface area contributed by atoms with Crippen LogP contribution in [0.15, 0.2) is 18.2 Å². The molecule has 1 aliphatic rings. The first-order valence-corrected chi connectivity index (χ1v) is 6.61. The van der Waals surface area contributed by atoms with Gasteiger partial charge >= 0.3 is 5.97 Å². The molecule has 1 aromatic rings. The van der Waals surface area contributed by atoms with Crippen LogP contribution in [0.25, 0.3) is 0 Å². The molecule has 0 unspecified atom stereocenters. The SMILES string of the molecule is Cc1cc(C(=O)O)ccc1N1CCN(C)C(C)(C)C1. The van der Waals surface area contributed by atoms with E-state index >= 15 is 0 Å². The molecular weight excluding hydrogens is 240 g/mol. The fourth-order valence-corrected chi connectivity index (χ4v) is 2.59. The maximum atomic E-state index is 11.0. The van der Waals surface area contributed by atoms with Gasteiger partial charge in [-0.3, -0.25) is 4.90 Å². The molecule has 1 aliphatic heterocycles. The molecule has 0 radical (unpaired) electrons. The van der Waals surface area contributed by atoms with Crippen LogP contribution in [-0.2, 0) is 0 Å². The van der Waals surface area contributed by atoms with Gasteiger partial charge in [-0.1, -0.05) is 0 Å². The van der Waals surface area contributed by atoms with Crippen molar-refractivity contribution in [3.05, 3.63) is 29.3 Å². The molecule has 104 valence electrons. The zero-order valence-electron chi connectivity index (χ0n) is 12.1. The van der Waals surface area contributed by atoms with Crippen LogP contribution in [0.2, 0.25) is 0 Å². The van der Waals surface area contributed by atoms with Gasteiger partial charge in [0, 0.05) is 30.9 Å². The second-order valence-electron chi connectivity index (χ2n) is 5.96. The van der Waals surface area contributed by atoms with E-state index in [-0.39, 0.29) is 5.54 Å². The molecule has 0 aromatic heterocycles. The summed E-state index contributed by atoms with van der Waals surface area (Å²) in [6.45, 7) is 9.41. The van der Waals surface area contributed by atoms with Gasteiger partial charge in [0.15, 0.2) is 0 Å². The monoisotopic (exact) mass is 262 g/mol. The summed E-state index contributed by atoms with van der Waals surface area (Å²) >= 11 is 0. The predicted octanol–water partition coefficient (Wildman–Crippen LogP) is 2.22. The number of anilines is 1. The summed E-state index contributed by atoms with van der Waals surface area (Å²) < 4.78 is 0. The largest absolute Gasteiger partial charge is 0.478 e. The van der Waals surface area contributed by atoms with E-state index in [1.54, 1.807) is 12.1 Å². The number of carbonyl (C=O) groups is 1.